The van der Waals surface area contributed by atoms with Gasteiger partial charge in [0.1, 0.15) is 5.84 Å². The molecule has 0 aliphatic carbocycles. The van der Waals surface area contributed by atoms with Gasteiger partial charge in [0.2, 0.25) is 0 Å². The summed E-state index contributed by atoms with van der Waals surface area (Å²) in [4.78, 5) is 11.6. The van der Waals surface area contributed by atoms with Crippen LogP contribution >= 0.6 is 15.9 Å². The summed E-state index contributed by atoms with van der Waals surface area (Å²) < 4.78 is 0.931. The molecule has 92 valence electrons. The maximum Gasteiger partial charge on any atom is 0.251 e. The highest BCUT2D eigenvalue weighted by molar-refractivity contribution is 9.10. The molecule has 0 fully saturated rings. The maximum absolute atomic E-state index is 11.6. The molecule has 1 amide bonds. The number of carbonyl (C=O) groups is 1. The first kappa shape index (κ1) is 13.5. The standard InChI is InChI=1S/C11H14BrN3O2/c12-9-5-3-8(4-6-9)11(16)14-7-1-2-10(13)15-17/h3-6,17H,1-2,7H2,(H2,13,15)(H,14,16). The van der Waals surface area contributed by atoms with E-state index in [1.54, 1.807) is 12.1 Å². The zero-order chi connectivity index (χ0) is 12.7. The van der Waals surface area contributed by atoms with Gasteiger partial charge in [-0.1, -0.05) is 21.1 Å². The molecular formula is C11H14BrN3O2. The fraction of sp³-hybridized carbons (Fsp3) is 0.273. The van der Waals surface area contributed by atoms with Crippen LogP contribution in [0.25, 0.3) is 0 Å². The predicted molar refractivity (Wildman–Crippen MR) is 69.1 cm³/mol. The second-order valence-electron chi connectivity index (χ2n) is 3.46. The summed E-state index contributed by atoms with van der Waals surface area (Å²) in [7, 11) is 0. The molecule has 0 atom stereocenters. The summed E-state index contributed by atoms with van der Waals surface area (Å²) in [5.41, 5.74) is 5.91. The molecule has 0 unspecified atom stereocenters. The van der Waals surface area contributed by atoms with Crippen LogP contribution in [0, 0.1) is 0 Å². The summed E-state index contributed by atoms with van der Waals surface area (Å²) in [6.07, 6.45) is 1.09. The number of hydrogen-bond donors (Lipinski definition) is 3. The van der Waals surface area contributed by atoms with Gasteiger partial charge < -0.3 is 16.3 Å². The summed E-state index contributed by atoms with van der Waals surface area (Å²) >= 11 is 3.30. The Bertz CT molecular complexity index is 404. The van der Waals surface area contributed by atoms with Crippen molar-refractivity contribution in [2.24, 2.45) is 10.9 Å². The van der Waals surface area contributed by atoms with Gasteiger partial charge >= 0.3 is 0 Å². The van der Waals surface area contributed by atoms with E-state index in [9.17, 15) is 4.79 Å². The predicted octanol–water partition coefficient (Wildman–Crippen LogP) is 1.71. The zero-order valence-corrected chi connectivity index (χ0v) is 10.8. The molecule has 0 bridgehead atoms. The summed E-state index contributed by atoms with van der Waals surface area (Å²) in [5, 5.41) is 13.9. The molecule has 0 spiro atoms. The number of nitrogens with one attached hydrogen (secondary N) is 1. The van der Waals surface area contributed by atoms with E-state index in [1.165, 1.54) is 0 Å². The minimum atomic E-state index is -0.128. The molecule has 0 heterocycles. The van der Waals surface area contributed by atoms with Crippen LogP contribution in [0.5, 0.6) is 0 Å². The Hall–Kier alpha value is -1.56. The molecule has 0 radical (unpaired) electrons. The van der Waals surface area contributed by atoms with Crippen molar-refractivity contribution in [1.82, 2.24) is 5.32 Å². The van der Waals surface area contributed by atoms with Crippen molar-refractivity contribution in [3.8, 4) is 0 Å². The van der Waals surface area contributed by atoms with Crippen LogP contribution in [-0.4, -0.2) is 23.5 Å². The van der Waals surface area contributed by atoms with Crippen molar-refractivity contribution in [2.45, 2.75) is 12.8 Å². The fourth-order valence-corrected chi connectivity index (χ4v) is 1.49. The SMILES string of the molecule is NC(CCCNC(=O)c1ccc(Br)cc1)=NO. The quantitative estimate of drug-likeness (QED) is 0.254. The minimum absolute atomic E-state index is 0.128. The van der Waals surface area contributed by atoms with Gasteiger partial charge in [0, 0.05) is 23.0 Å². The van der Waals surface area contributed by atoms with Crippen LogP contribution in [0.1, 0.15) is 23.2 Å². The molecule has 0 saturated carbocycles. The van der Waals surface area contributed by atoms with E-state index in [2.05, 4.69) is 26.4 Å². The third-order valence-corrected chi connectivity index (χ3v) is 2.66. The lowest BCUT2D eigenvalue weighted by Gasteiger charge is -2.04. The van der Waals surface area contributed by atoms with Crippen molar-refractivity contribution in [3.05, 3.63) is 34.3 Å². The van der Waals surface area contributed by atoms with Gasteiger partial charge in [0.25, 0.3) is 5.91 Å². The first-order valence-corrected chi connectivity index (χ1v) is 5.93. The average Bonchev–Trinajstić information content (AvgIpc) is 2.34. The monoisotopic (exact) mass is 299 g/mol. The van der Waals surface area contributed by atoms with E-state index in [-0.39, 0.29) is 11.7 Å². The Labute approximate surface area is 108 Å². The lowest BCUT2D eigenvalue weighted by atomic mass is 10.2. The molecule has 1 rings (SSSR count). The highest BCUT2D eigenvalue weighted by atomic mass is 79.9. The Morgan fingerprint density at radius 2 is 2.06 bits per heavy atom. The first-order chi connectivity index (χ1) is 8.13. The van der Waals surface area contributed by atoms with Gasteiger partial charge in [-0.2, -0.15) is 0 Å². The van der Waals surface area contributed by atoms with Gasteiger partial charge in [-0.25, -0.2) is 0 Å². The Morgan fingerprint density at radius 1 is 1.41 bits per heavy atom. The smallest absolute Gasteiger partial charge is 0.251 e. The lowest BCUT2D eigenvalue weighted by Crippen LogP contribution is -2.25. The minimum Gasteiger partial charge on any atom is -0.409 e. The van der Waals surface area contributed by atoms with Gasteiger partial charge in [-0.15, -0.1) is 0 Å². The van der Waals surface area contributed by atoms with Crippen LogP contribution < -0.4 is 11.1 Å². The van der Waals surface area contributed by atoms with E-state index < -0.39 is 0 Å². The number of hydrogen-bond acceptors (Lipinski definition) is 3. The van der Waals surface area contributed by atoms with Crippen LogP contribution in [-0.2, 0) is 0 Å². The molecule has 6 heteroatoms. The number of nitrogens with zero attached hydrogens (tertiary/aromatic N) is 1. The number of benzene rings is 1. The molecule has 0 aliphatic rings. The zero-order valence-electron chi connectivity index (χ0n) is 9.19. The highest BCUT2D eigenvalue weighted by Crippen LogP contribution is 2.10. The number of amides is 1. The molecule has 0 saturated heterocycles. The third kappa shape index (κ3) is 4.86. The molecule has 1 aromatic rings. The molecule has 0 aromatic heterocycles. The molecule has 1 aromatic carbocycles. The van der Waals surface area contributed by atoms with Crippen molar-refractivity contribution >= 4 is 27.7 Å². The Morgan fingerprint density at radius 3 is 2.65 bits per heavy atom. The Balaban J connectivity index is 2.33. The highest BCUT2D eigenvalue weighted by Gasteiger charge is 2.04. The average molecular weight is 300 g/mol. The molecule has 0 aliphatic heterocycles. The summed E-state index contributed by atoms with van der Waals surface area (Å²) in [5.74, 6) is 0.0416. The van der Waals surface area contributed by atoms with Gasteiger partial charge in [0.05, 0.1) is 0 Å². The summed E-state index contributed by atoms with van der Waals surface area (Å²) in [6, 6.07) is 7.10. The number of halogens is 1. The largest absolute Gasteiger partial charge is 0.409 e. The third-order valence-electron chi connectivity index (χ3n) is 2.13. The summed E-state index contributed by atoms with van der Waals surface area (Å²) in [6.45, 7) is 0.491. The number of nitrogens with two attached hydrogens (primary N) is 1. The second-order valence-corrected chi connectivity index (χ2v) is 4.37. The number of amidine groups is 1. The van der Waals surface area contributed by atoms with E-state index in [1.807, 2.05) is 12.1 Å². The van der Waals surface area contributed by atoms with Gasteiger partial charge in [0.15, 0.2) is 0 Å². The van der Waals surface area contributed by atoms with E-state index in [4.69, 9.17) is 10.9 Å². The fourth-order valence-electron chi connectivity index (χ4n) is 1.22. The van der Waals surface area contributed by atoms with E-state index >= 15 is 0 Å². The maximum atomic E-state index is 11.6. The lowest BCUT2D eigenvalue weighted by molar-refractivity contribution is 0.0953. The van der Waals surface area contributed by atoms with Crippen LogP contribution in [0.15, 0.2) is 33.9 Å². The normalized spacial score (nSPS) is 11.2. The topological polar surface area (TPSA) is 87.7 Å². The number of rotatable bonds is 5. The molecule has 17 heavy (non-hydrogen) atoms. The Kier molecular flexibility index (Phi) is 5.48. The molecule has 4 N–H and O–H groups in total. The van der Waals surface area contributed by atoms with Gasteiger partial charge in [-0.05, 0) is 30.7 Å². The number of oxime groups is 1. The number of carbonyl (C=O) groups excluding carboxylic acids is 1. The second kappa shape index (κ2) is 6.90. The van der Waals surface area contributed by atoms with Crippen molar-refractivity contribution in [1.29, 1.82) is 0 Å². The van der Waals surface area contributed by atoms with E-state index in [0.717, 1.165) is 4.47 Å². The van der Waals surface area contributed by atoms with Crippen LogP contribution in [0.3, 0.4) is 0 Å². The molecular weight excluding hydrogens is 286 g/mol. The van der Waals surface area contributed by atoms with Crippen molar-refractivity contribution < 1.29 is 10.0 Å². The first-order valence-electron chi connectivity index (χ1n) is 5.13. The molecule has 5 nitrogen and oxygen atoms in total. The van der Waals surface area contributed by atoms with Crippen LogP contribution in [0.2, 0.25) is 0 Å². The van der Waals surface area contributed by atoms with Crippen molar-refractivity contribution in [3.63, 3.8) is 0 Å². The van der Waals surface area contributed by atoms with Crippen molar-refractivity contribution in [2.75, 3.05) is 6.54 Å². The van der Waals surface area contributed by atoms with Crippen LogP contribution in [0.4, 0.5) is 0 Å². The van der Waals surface area contributed by atoms with E-state index in [0.29, 0.717) is 24.9 Å². The van der Waals surface area contributed by atoms with Gasteiger partial charge in [-0.3, -0.25) is 4.79 Å².